The molecule has 2 aliphatic heterocycles. The molecule has 0 N–H and O–H groups in total. The van der Waals surface area contributed by atoms with Crippen LogP contribution in [0.2, 0.25) is 5.04 Å². The van der Waals surface area contributed by atoms with E-state index in [1.165, 1.54) is 10.4 Å². The van der Waals surface area contributed by atoms with Crippen LogP contribution in [-0.4, -0.2) is 56.6 Å². The number of nitrogens with zero attached hydrogens (tertiary/aromatic N) is 1. The van der Waals surface area contributed by atoms with Crippen LogP contribution in [0.3, 0.4) is 0 Å². The van der Waals surface area contributed by atoms with Crippen molar-refractivity contribution in [2.45, 2.75) is 83.8 Å². The molecule has 0 radical (unpaired) electrons. The molecule has 1 amide bonds. The fraction of sp³-hybridized carbons (Fsp3) is 0.531. The molecule has 212 valence electrons. The van der Waals surface area contributed by atoms with Crippen LogP contribution in [0.25, 0.3) is 0 Å². The third kappa shape index (κ3) is 6.65. The lowest BCUT2D eigenvalue weighted by Gasteiger charge is -2.44. The summed E-state index contributed by atoms with van der Waals surface area (Å²) in [6.45, 7) is 16.1. The molecule has 2 aliphatic rings. The zero-order chi connectivity index (χ0) is 28.3. The largest absolute Gasteiger partial charge is 0.443 e. The SMILES string of the molecule is CC(C)(C)OC(=O)N1C=C[C@H](CCC2(C)OCCO2)[C@H]1CO[Si](c1ccccc1)(c1ccccc1)C(C)(C)C. The summed E-state index contributed by atoms with van der Waals surface area (Å²) in [7, 11) is -2.78. The van der Waals surface area contributed by atoms with Crippen molar-refractivity contribution in [2.75, 3.05) is 19.8 Å². The van der Waals surface area contributed by atoms with E-state index in [9.17, 15) is 4.79 Å². The second kappa shape index (κ2) is 11.6. The summed E-state index contributed by atoms with van der Waals surface area (Å²) in [6, 6.07) is 21.0. The zero-order valence-corrected chi connectivity index (χ0v) is 25.6. The Labute approximate surface area is 235 Å². The van der Waals surface area contributed by atoms with Gasteiger partial charge in [-0.15, -0.1) is 0 Å². The molecule has 2 aromatic rings. The third-order valence-corrected chi connectivity index (χ3v) is 12.7. The Balaban J connectivity index is 1.67. The standard InChI is InChI=1S/C32H45NO5Si/c1-30(2,3)38-29(34)33-21-19-25(18-20-32(7)35-22-23-36-32)28(33)24-37-39(31(4,5)6,26-14-10-8-11-15-26)27-16-12-9-13-17-27/h8-17,19,21,25,28H,18,20,22-24H2,1-7H3/t25-,28+/m0/s1. The van der Waals surface area contributed by atoms with Gasteiger partial charge < -0.3 is 18.6 Å². The summed E-state index contributed by atoms with van der Waals surface area (Å²) >= 11 is 0. The van der Waals surface area contributed by atoms with Crippen LogP contribution in [0.1, 0.15) is 61.3 Å². The van der Waals surface area contributed by atoms with Crippen molar-refractivity contribution in [1.82, 2.24) is 4.90 Å². The number of carbonyl (C=O) groups is 1. The van der Waals surface area contributed by atoms with Crippen molar-refractivity contribution < 1.29 is 23.4 Å². The predicted octanol–water partition coefficient (Wildman–Crippen LogP) is 5.86. The smallest absolute Gasteiger partial charge is 0.414 e. The minimum atomic E-state index is -2.78. The Morgan fingerprint density at radius 3 is 1.97 bits per heavy atom. The number of rotatable bonds is 8. The molecule has 2 atom stereocenters. The van der Waals surface area contributed by atoms with Gasteiger partial charge in [-0.3, -0.25) is 4.90 Å². The fourth-order valence-electron chi connectivity index (χ4n) is 5.75. The molecule has 2 heterocycles. The highest BCUT2D eigenvalue weighted by Gasteiger charge is 2.51. The Hall–Kier alpha value is -2.45. The van der Waals surface area contributed by atoms with Crippen LogP contribution < -0.4 is 10.4 Å². The number of ether oxygens (including phenoxy) is 3. The monoisotopic (exact) mass is 551 g/mol. The molecule has 0 aliphatic carbocycles. The number of hydrogen-bond acceptors (Lipinski definition) is 5. The first-order valence-corrected chi connectivity index (χ1v) is 16.0. The minimum Gasteiger partial charge on any atom is -0.443 e. The fourth-order valence-corrected chi connectivity index (χ4v) is 10.3. The molecule has 6 nitrogen and oxygen atoms in total. The number of hydrogen-bond donors (Lipinski definition) is 0. The summed E-state index contributed by atoms with van der Waals surface area (Å²) in [5.74, 6) is -0.503. The molecule has 0 bridgehead atoms. The van der Waals surface area contributed by atoms with Gasteiger partial charge in [-0.25, -0.2) is 4.79 Å². The van der Waals surface area contributed by atoms with E-state index in [0.29, 0.717) is 19.8 Å². The molecule has 1 fully saturated rings. The molecule has 0 saturated carbocycles. The number of carbonyl (C=O) groups excluding carboxylic acids is 1. The lowest BCUT2D eigenvalue weighted by molar-refractivity contribution is -0.149. The molecular formula is C32H45NO5Si. The van der Waals surface area contributed by atoms with Crippen molar-refractivity contribution in [3.8, 4) is 0 Å². The molecular weight excluding hydrogens is 506 g/mol. The number of benzene rings is 2. The van der Waals surface area contributed by atoms with Gasteiger partial charge in [0.1, 0.15) is 5.60 Å². The van der Waals surface area contributed by atoms with Crippen molar-refractivity contribution in [2.24, 2.45) is 5.92 Å². The van der Waals surface area contributed by atoms with E-state index in [2.05, 4.69) is 75.4 Å². The Bertz CT molecular complexity index is 1080. The van der Waals surface area contributed by atoms with Crippen LogP contribution in [0.4, 0.5) is 4.79 Å². The summed E-state index contributed by atoms with van der Waals surface area (Å²) in [4.78, 5) is 15.1. The summed E-state index contributed by atoms with van der Waals surface area (Å²) < 4.78 is 24.8. The zero-order valence-electron chi connectivity index (χ0n) is 24.6. The van der Waals surface area contributed by atoms with Gasteiger partial charge in [0, 0.05) is 18.5 Å². The van der Waals surface area contributed by atoms with E-state index in [0.717, 1.165) is 12.8 Å². The summed E-state index contributed by atoms with van der Waals surface area (Å²) in [5, 5.41) is 2.28. The van der Waals surface area contributed by atoms with Crippen molar-refractivity contribution in [1.29, 1.82) is 0 Å². The first-order chi connectivity index (χ1) is 18.3. The molecule has 39 heavy (non-hydrogen) atoms. The minimum absolute atomic E-state index is 0.0837. The van der Waals surface area contributed by atoms with Crippen molar-refractivity contribution in [3.05, 3.63) is 72.9 Å². The van der Waals surface area contributed by atoms with Gasteiger partial charge in [0.2, 0.25) is 0 Å². The maximum Gasteiger partial charge on any atom is 0.414 e. The van der Waals surface area contributed by atoms with E-state index in [1.54, 1.807) is 4.90 Å². The van der Waals surface area contributed by atoms with Gasteiger partial charge in [-0.05, 0) is 49.5 Å². The molecule has 2 aromatic carbocycles. The highest BCUT2D eigenvalue weighted by Crippen LogP contribution is 2.39. The van der Waals surface area contributed by atoms with Crippen LogP contribution in [0, 0.1) is 5.92 Å². The number of amides is 1. The molecule has 0 spiro atoms. The quantitative estimate of drug-likeness (QED) is 0.385. The van der Waals surface area contributed by atoms with Crippen LogP contribution in [-0.2, 0) is 18.6 Å². The normalized spacial score (nSPS) is 21.4. The summed E-state index contributed by atoms with van der Waals surface area (Å²) in [6.07, 6.45) is 5.18. The molecule has 7 heteroatoms. The van der Waals surface area contributed by atoms with Crippen molar-refractivity contribution in [3.63, 3.8) is 0 Å². The van der Waals surface area contributed by atoms with E-state index in [1.807, 2.05) is 46.0 Å². The van der Waals surface area contributed by atoms with Gasteiger partial charge in [-0.2, -0.15) is 0 Å². The van der Waals surface area contributed by atoms with Gasteiger partial charge in [0.05, 0.1) is 25.9 Å². The predicted molar refractivity (Wildman–Crippen MR) is 158 cm³/mol. The van der Waals surface area contributed by atoms with Gasteiger partial charge in [0.15, 0.2) is 5.79 Å². The van der Waals surface area contributed by atoms with E-state index < -0.39 is 19.7 Å². The van der Waals surface area contributed by atoms with E-state index >= 15 is 0 Å². The van der Waals surface area contributed by atoms with Crippen LogP contribution in [0.15, 0.2) is 72.9 Å². The highest BCUT2D eigenvalue weighted by molar-refractivity contribution is 6.99. The van der Waals surface area contributed by atoms with E-state index in [4.69, 9.17) is 18.6 Å². The maximum atomic E-state index is 13.4. The summed E-state index contributed by atoms with van der Waals surface area (Å²) in [5.41, 5.74) is -0.592. The molecule has 1 saturated heterocycles. The Kier molecular flexibility index (Phi) is 8.76. The van der Waals surface area contributed by atoms with E-state index in [-0.39, 0.29) is 23.1 Å². The molecule has 0 unspecified atom stereocenters. The maximum absolute atomic E-state index is 13.4. The topological polar surface area (TPSA) is 57.2 Å². The van der Waals surface area contributed by atoms with Gasteiger partial charge >= 0.3 is 6.09 Å². The average molecular weight is 552 g/mol. The molecule has 0 aromatic heterocycles. The first kappa shape index (κ1) is 29.5. The lowest BCUT2D eigenvalue weighted by atomic mass is 9.94. The van der Waals surface area contributed by atoms with Crippen LogP contribution >= 0.6 is 0 Å². The second-order valence-electron chi connectivity index (χ2n) is 12.8. The van der Waals surface area contributed by atoms with Gasteiger partial charge in [0.25, 0.3) is 8.32 Å². The molecule has 4 rings (SSSR count). The highest BCUT2D eigenvalue weighted by atomic mass is 28.4. The Morgan fingerprint density at radius 1 is 0.949 bits per heavy atom. The second-order valence-corrected chi connectivity index (χ2v) is 17.1. The lowest BCUT2D eigenvalue weighted by Crippen LogP contribution is -2.67. The third-order valence-electron chi connectivity index (χ3n) is 7.67. The first-order valence-electron chi connectivity index (χ1n) is 14.1. The van der Waals surface area contributed by atoms with Crippen LogP contribution in [0.5, 0.6) is 0 Å². The average Bonchev–Trinajstić information content (AvgIpc) is 3.49. The van der Waals surface area contributed by atoms with Crippen molar-refractivity contribution >= 4 is 24.8 Å². The van der Waals surface area contributed by atoms with Gasteiger partial charge in [-0.1, -0.05) is 87.5 Å². The Morgan fingerprint density at radius 2 is 1.49 bits per heavy atom.